The highest BCUT2D eigenvalue weighted by Crippen LogP contribution is 2.29. The van der Waals surface area contributed by atoms with Gasteiger partial charge in [-0.15, -0.1) is 0 Å². The predicted molar refractivity (Wildman–Crippen MR) is 98.1 cm³/mol. The molecule has 0 aliphatic heterocycles. The van der Waals surface area contributed by atoms with Gasteiger partial charge >= 0.3 is 0 Å². The van der Waals surface area contributed by atoms with Crippen LogP contribution in [0.2, 0.25) is 0 Å². The average molecular weight is 284 g/mol. The Hall–Kier alpha value is -1.56. The van der Waals surface area contributed by atoms with E-state index >= 15 is 0 Å². The van der Waals surface area contributed by atoms with Crippen LogP contribution in [-0.4, -0.2) is 0 Å². The molecule has 0 N–H and O–H groups in total. The minimum atomic E-state index is 0.597. The third-order valence-corrected chi connectivity index (χ3v) is 3.28. The van der Waals surface area contributed by atoms with E-state index in [0.29, 0.717) is 5.92 Å². The molecule has 0 aliphatic carbocycles. The van der Waals surface area contributed by atoms with Gasteiger partial charge in [0, 0.05) is 0 Å². The number of hydrogen-bond acceptors (Lipinski definition) is 0. The van der Waals surface area contributed by atoms with Crippen LogP contribution in [0.3, 0.4) is 0 Å². The van der Waals surface area contributed by atoms with Crippen LogP contribution in [0.15, 0.2) is 42.5 Å². The Labute approximate surface area is 132 Å². The van der Waals surface area contributed by atoms with Gasteiger partial charge in [-0.1, -0.05) is 84.0 Å². The van der Waals surface area contributed by atoms with Gasteiger partial charge in [0.2, 0.25) is 0 Å². The van der Waals surface area contributed by atoms with Gasteiger partial charge in [-0.25, -0.2) is 0 Å². The summed E-state index contributed by atoms with van der Waals surface area (Å²) in [5.41, 5.74) is 6.92. The van der Waals surface area contributed by atoms with E-state index in [1.54, 1.807) is 0 Å². The molecule has 0 bridgehead atoms. The van der Waals surface area contributed by atoms with Gasteiger partial charge in [-0.3, -0.25) is 0 Å². The Morgan fingerprint density at radius 2 is 1.10 bits per heavy atom. The Kier molecular flexibility index (Phi) is 9.45. The molecule has 0 fully saturated rings. The normalized spacial score (nSPS) is 9.38. The summed E-state index contributed by atoms with van der Waals surface area (Å²) in [5, 5.41) is 0. The third kappa shape index (κ3) is 5.38. The summed E-state index contributed by atoms with van der Waals surface area (Å²) >= 11 is 0. The first-order valence-corrected chi connectivity index (χ1v) is 8.26. The van der Waals surface area contributed by atoms with E-state index in [4.69, 9.17) is 0 Å². The Bertz CT molecular complexity index is 484. The maximum absolute atomic E-state index is 2.30. The Morgan fingerprint density at radius 3 is 1.48 bits per heavy atom. The molecule has 0 aliphatic rings. The van der Waals surface area contributed by atoms with Crippen molar-refractivity contribution in [1.82, 2.24) is 0 Å². The van der Waals surface area contributed by atoms with Gasteiger partial charge < -0.3 is 0 Å². The maximum Gasteiger partial charge on any atom is -0.0179 e. The minimum Gasteiger partial charge on any atom is -0.0683 e. The zero-order valence-corrected chi connectivity index (χ0v) is 15.1. The zero-order valence-electron chi connectivity index (χ0n) is 15.1. The van der Waals surface area contributed by atoms with E-state index in [9.17, 15) is 0 Å². The number of hydrogen-bond donors (Lipinski definition) is 0. The molecule has 0 radical (unpaired) electrons. The van der Waals surface area contributed by atoms with Crippen LogP contribution in [0.25, 0.3) is 11.1 Å². The highest BCUT2D eigenvalue weighted by Gasteiger charge is 2.09. The van der Waals surface area contributed by atoms with E-state index in [2.05, 4.69) is 70.2 Å². The first-order valence-electron chi connectivity index (χ1n) is 8.26. The van der Waals surface area contributed by atoms with Crippen molar-refractivity contribution in [3.05, 3.63) is 59.2 Å². The molecule has 0 atom stereocenters. The lowest BCUT2D eigenvalue weighted by molar-refractivity contribution is 0.846. The molecule has 2 aromatic carbocycles. The summed E-state index contributed by atoms with van der Waals surface area (Å²) in [5.74, 6) is 0.597. The molecule has 116 valence electrons. The van der Waals surface area contributed by atoms with Crippen LogP contribution in [-0.2, 0) is 0 Å². The summed E-state index contributed by atoms with van der Waals surface area (Å²) < 4.78 is 0. The third-order valence-electron chi connectivity index (χ3n) is 3.28. The van der Waals surface area contributed by atoms with Crippen molar-refractivity contribution < 1.29 is 0 Å². The molecular weight excluding hydrogens is 252 g/mol. The first kappa shape index (κ1) is 19.4. The van der Waals surface area contributed by atoms with Crippen LogP contribution in [0.1, 0.15) is 64.2 Å². The Morgan fingerprint density at radius 1 is 0.667 bits per heavy atom. The van der Waals surface area contributed by atoms with Gasteiger partial charge in [0.1, 0.15) is 0 Å². The van der Waals surface area contributed by atoms with Crippen molar-refractivity contribution >= 4 is 0 Å². The van der Waals surface area contributed by atoms with Crippen molar-refractivity contribution in [1.29, 1.82) is 0 Å². The molecule has 0 amide bonds. The highest BCUT2D eigenvalue weighted by atomic mass is 14.1. The fourth-order valence-electron chi connectivity index (χ4n) is 2.68. The van der Waals surface area contributed by atoms with Gasteiger partial charge in [0.15, 0.2) is 0 Å². The maximum atomic E-state index is 2.30. The van der Waals surface area contributed by atoms with Crippen molar-refractivity contribution in [2.24, 2.45) is 0 Å². The molecular formula is C21H32. The molecule has 0 spiro atoms. The van der Waals surface area contributed by atoms with Crippen molar-refractivity contribution in [2.45, 2.75) is 61.3 Å². The lowest BCUT2D eigenvalue weighted by atomic mass is 9.90. The monoisotopic (exact) mass is 284 g/mol. The van der Waals surface area contributed by atoms with Crippen LogP contribution >= 0.6 is 0 Å². The predicted octanol–water partition coefficient (Wildman–Crippen LogP) is 7.15. The molecule has 0 unspecified atom stereocenters. The molecule has 0 saturated carbocycles. The lowest BCUT2D eigenvalue weighted by Gasteiger charge is -2.15. The quantitative estimate of drug-likeness (QED) is 0.549. The first-order chi connectivity index (χ1) is 10.1. The molecule has 0 heterocycles. The molecule has 2 rings (SSSR count). The van der Waals surface area contributed by atoms with Crippen molar-refractivity contribution in [3.8, 4) is 11.1 Å². The van der Waals surface area contributed by atoms with Gasteiger partial charge in [-0.2, -0.15) is 0 Å². The zero-order chi connectivity index (χ0) is 16.4. The summed E-state index contributed by atoms with van der Waals surface area (Å²) in [7, 11) is 0. The number of rotatable bonds is 2. The van der Waals surface area contributed by atoms with E-state index in [-0.39, 0.29) is 0 Å². The summed E-state index contributed by atoms with van der Waals surface area (Å²) in [6.45, 7) is 17.0. The topological polar surface area (TPSA) is 0 Å². The van der Waals surface area contributed by atoms with Crippen molar-refractivity contribution in [2.75, 3.05) is 0 Å². The van der Waals surface area contributed by atoms with Crippen LogP contribution < -0.4 is 0 Å². The van der Waals surface area contributed by atoms with Gasteiger partial charge in [0.05, 0.1) is 0 Å². The summed E-state index contributed by atoms with van der Waals surface area (Å²) in [6.07, 6.45) is 0. The Balaban J connectivity index is 0.000000921. The average Bonchev–Trinajstić information content (AvgIpc) is 2.51. The van der Waals surface area contributed by atoms with Crippen LogP contribution in [0.5, 0.6) is 0 Å². The standard InChI is InChI=1S/C17H20.2C2H6/c1-12(2)17-13(3)10-16(11-14(17)4)15-8-6-5-7-9-15;2*1-2/h5-12H,1-4H3;2*1-2H3. The molecule has 0 heteroatoms. The summed E-state index contributed by atoms with van der Waals surface area (Å²) in [4.78, 5) is 0. The van der Waals surface area contributed by atoms with Gasteiger partial charge in [-0.05, 0) is 47.6 Å². The second-order valence-electron chi connectivity index (χ2n) is 5.04. The summed E-state index contributed by atoms with van der Waals surface area (Å²) in [6, 6.07) is 15.2. The fraction of sp³-hybridized carbons (Fsp3) is 0.429. The van der Waals surface area contributed by atoms with E-state index in [1.807, 2.05) is 27.7 Å². The molecule has 0 nitrogen and oxygen atoms in total. The number of benzene rings is 2. The molecule has 0 saturated heterocycles. The largest absolute Gasteiger partial charge is 0.0683 e. The van der Waals surface area contributed by atoms with Gasteiger partial charge in [0.25, 0.3) is 0 Å². The molecule has 0 aromatic heterocycles. The highest BCUT2D eigenvalue weighted by molar-refractivity contribution is 5.66. The van der Waals surface area contributed by atoms with E-state index in [0.717, 1.165) is 0 Å². The lowest BCUT2D eigenvalue weighted by Crippen LogP contribution is -1.97. The second-order valence-corrected chi connectivity index (χ2v) is 5.04. The van der Waals surface area contributed by atoms with Crippen LogP contribution in [0, 0.1) is 13.8 Å². The SMILES string of the molecule is CC.CC.Cc1cc(-c2ccccc2)cc(C)c1C(C)C. The minimum absolute atomic E-state index is 0.597. The number of aryl methyl sites for hydroxylation is 2. The van der Waals surface area contributed by atoms with E-state index in [1.165, 1.54) is 27.8 Å². The fourth-order valence-corrected chi connectivity index (χ4v) is 2.68. The smallest absolute Gasteiger partial charge is 0.0179 e. The van der Waals surface area contributed by atoms with E-state index < -0.39 is 0 Å². The molecule has 2 aromatic rings. The molecule has 21 heavy (non-hydrogen) atoms. The second kappa shape index (κ2) is 10.2. The van der Waals surface area contributed by atoms with Crippen molar-refractivity contribution in [3.63, 3.8) is 0 Å². The van der Waals surface area contributed by atoms with Crippen LogP contribution in [0.4, 0.5) is 0 Å².